The van der Waals surface area contributed by atoms with Gasteiger partial charge in [0.15, 0.2) is 6.61 Å². The van der Waals surface area contributed by atoms with Crippen molar-refractivity contribution >= 4 is 5.78 Å². The maximum absolute atomic E-state index is 12.9. The highest BCUT2D eigenvalue weighted by Gasteiger charge is 2.24. The fourth-order valence-corrected chi connectivity index (χ4v) is 3.40. The summed E-state index contributed by atoms with van der Waals surface area (Å²) in [5.41, 5.74) is 2.45. The smallest absolute Gasteiger partial charge is 0.271 e. The number of hydrogen-bond acceptors (Lipinski definition) is 5. The van der Waals surface area contributed by atoms with Crippen LogP contribution in [0.1, 0.15) is 38.2 Å². The summed E-state index contributed by atoms with van der Waals surface area (Å²) >= 11 is 0. The number of aryl methyl sites for hydroxylation is 3. The van der Waals surface area contributed by atoms with Crippen molar-refractivity contribution in [2.75, 3.05) is 6.61 Å². The molecule has 0 fully saturated rings. The van der Waals surface area contributed by atoms with Crippen molar-refractivity contribution in [2.24, 2.45) is 0 Å². The van der Waals surface area contributed by atoms with E-state index in [1.807, 2.05) is 62.4 Å². The number of nitrogens with zero attached hydrogens (tertiary/aromatic N) is 2. The Morgan fingerprint density at radius 2 is 1.81 bits per heavy atom. The number of pyridine rings is 1. The Hall–Kier alpha value is -3.85. The molecule has 0 aliphatic carbocycles. The Labute approximate surface area is 181 Å². The number of benzene rings is 2. The van der Waals surface area contributed by atoms with Crippen LogP contribution in [0.5, 0.6) is 11.6 Å². The molecule has 0 unspecified atom stereocenters. The molecule has 0 aliphatic rings. The second-order valence-electron chi connectivity index (χ2n) is 7.46. The van der Waals surface area contributed by atoms with E-state index in [0.717, 1.165) is 21.3 Å². The summed E-state index contributed by atoms with van der Waals surface area (Å²) in [4.78, 5) is 25.6. The number of hydrogen-bond donors (Lipinski definition) is 1. The molecule has 0 bridgehead atoms. The number of ketones is 1. The van der Waals surface area contributed by atoms with Crippen LogP contribution in [0.25, 0.3) is 0 Å². The normalized spacial score (nSPS) is 10.5. The number of aromatic nitrogens is 1. The van der Waals surface area contributed by atoms with E-state index >= 15 is 0 Å². The first-order chi connectivity index (χ1) is 14.8. The first kappa shape index (κ1) is 21.8. The molecule has 6 heteroatoms. The third-order valence-corrected chi connectivity index (χ3v) is 5.39. The van der Waals surface area contributed by atoms with Gasteiger partial charge in [-0.15, -0.1) is 0 Å². The summed E-state index contributed by atoms with van der Waals surface area (Å²) < 4.78 is 6.70. The Balaban J connectivity index is 1.91. The van der Waals surface area contributed by atoms with Gasteiger partial charge in [0.05, 0.1) is 5.56 Å². The zero-order chi connectivity index (χ0) is 22.5. The lowest BCUT2D eigenvalue weighted by atomic mass is 10.0. The topological polar surface area (TPSA) is 92.3 Å². The maximum Gasteiger partial charge on any atom is 0.271 e. The third kappa shape index (κ3) is 4.67. The van der Waals surface area contributed by atoms with E-state index in [1.54, 1.807) is 6.07 Å². The van der Waals surface area contributed by atoms with Gasteiger partial charge in [0, 0.05) is 6.54 Å². The Bertz CT molecular complexity index is 1220. The predicted octanol–water partition coefficient (Wildman–Crippen LogP) is 3.86. The highest BCUT2D eigenvalue weighted by molar-refractivity contribution is 6.01. The second-order valence-corrected chi connectivity index (χ2v) is 7.46. The molecular formula is C25H24N2O4. The lowest BCUT2D eigenvalue weighted by Gasteiger charge is -2.16. The molecule has 31 heavy (non-hydrogen) atoms. The molecule has 0 spiro atoms. The minimum Gasteiger partial charge on any atom is -0.494 e. The van der Waals surface area contributed by atoms with Crippen molar-refractivity contribution in [1.29, 1.82) is 5.26 Å². The molecule has 0 aliphatic heterocycles. The maximum atomic E-state index is 12.9. The summed E-state index contributed by atoms with van der Waals surface area (Å²) in [6.45, 7) is 5.24. The van der Waals surface area contributed by atoms with Crippen molar-refractivity contribution in [3.8, 4) is 17.7 Å². The molecule has 0 radical (unpaired) electrons. The van der Waals surface area contributed by atoms with E-state index in [4.69, 9.17) is 4.74 Å². The van der Waals surface area contributed by atoms with Crippen LogP contribution in [0.4, 0.5) is 0 Å². The number of carbonyl (C=O) groups is 1. The number of rotatable bonds is 7. The van der Waals surface area contributed by atoms with Crippen LogP contribution in [0.3, 0.4) is 0 Å². The summed E-state index contributed by atoms with van der Waals surface area (Å²) in [6, 6.07) is 16.8. The first-order valence-corrected chi connectivity index (χ1v) is 9.97. The average Bonchev–Trinajstić information content (AvgIpc) is 2.75. The molecule has 158 valence electrons. The van der Waals surface area contributed by atoms with Crippen molar-refractivity contribution in [3.63, 3.8) is 0 Å². The molecule has 1 N–H and O–H groups in total. The van der Waals surface area contributed by atoms with Gasteiger partial charge in [-0.3, -0.25) is 14.2 Å². The monoisotopic (exact) mass is 416 g/mol. The Kier molecular flexibility index (Phi) is 6.56. The van der Waals surface area contributed by atoms with Gasteiger partial charge in [0.25, 0.3) is 5.56 Å². The van der Waals surface area contributed by atoms with E-state index < -0.39 is 17.2 Å². The first-order valence-electron chi connectivity index (χ1n) is 9.97. The molecule has 6 nitrogen and oxygen atoms in total. The molecule has 0 saturated carbocycles. The molecule has 0 amide bonds. The van der Waals surface area contributed by atoms with E-state index in [2.05, 4.69) is 0 Å². The molecule has 1 heterocycles. The van der Waals surface area contributed by atoms with Gasteiger partial charge in [0.1, 0.15) is 17.4 Å². The van der Waals surface area contributed by atoms with Gasteiger partial charge in [-0.1, -0.05) is 36.4 Å². The van der Waals surface area contributed by atoms with Crippen molar-refractivity contribution in [2.45, 2.75) is 33.7 Å². The molecule has 1 aromatic heterocycles. The standard InChI is InChI=1S/C25H24N2O4/c1-16-9-10-20(13-17(16)2)31-15-22(28)23-18(3)21(14-26)24(29)27(25(23)30)12-11-19-7-5-4-6-8-19/h4-10,13,30H,11-12,15H2,1-3H3. The lowest BCUT2D eigenvalue weighted by molar-refractivity contribution is 0.0916. The van der Waals surface area contributed by atoms with Crippen molar-refractivity contribution in [1.82, 2.24) is 4.57 Å². The van der Waals surface area contributed by atoms with E-state index in [9.17, 15) is 20.0 Å². The number of carbonyl (C=O) groups excluding carboxylic acids is 1. The van der Waals surface area contributed by atoms with Gasteiger partial charge in [-0.05, 0) is 61.6 Å². The molecule has 3 rings (SSSR count). The molecule has 0 saturated heterocycles. The van der Waals surface area contributed by atoms with Crippen LogP contribution in [0.2, 0.25) is 0 Å². The van der Waals surface area contributed by atoms with Gasteiger partial charge in [-0.25, -0.2) is 0 Å². The van der Waals surface area contributed by atoms with Crippen LogP contribution in [-0.4, -0.2) is 22.1 Å². The van der Waals surface area contributed by atoms with E-state index in [0.29, 0.717) is 12.2 Å². The van der Waals surface area contributed by atoms with Gasteiger partial charge >= 0.3 is 0 Å². The predicted molar refractivity (Wildman–Crippen MR) is 118 cm³/mol. The highest BCUT2D eigenvalue weighted by Crippen LogP contribution is 2.24. The second kappa shape index (κ2) is 9.31. The van der Waals surface area contributed by atoms with Crippen LogP contribution < -0.4 is 10.3 Å². The van der Waals surface area contributed by atoms with Crippen LogP contribution in [0.15, 0.2) is 53.3 Å². The molecule has 3 aromatic rings. The van der Waals surface area contributed by atoms with Gasteiger partial charge in [-0.2, -0.15) is 5.26 Å². The average molecular weight is 416 g/mol. The number of Topliss-reactive ketones (excluding diaryl/α,β-unsaturated/α-hetero) is 1. The van der Waals surface area contributed by atoms with E-state index in [1.165, 1.54) is 6.92 Å². The minimum atomic E-state index is -0.611. The zero-order valence-corrected chi connectivity index (χ0v) is 17.8. The fourth-order valence-electron chi connectivity index (χ4n) is 3.40. The summed E-state index contributed by atoms with van der Waals surface area (Å²) in [7, 11) is 0. The largest absolute Gasteiger partial charge is 0.494 e. The lowest BCUT2D eigenvalue weighted by Crippen LogP contribution is -2.28. The molecule has 0 atom stereocenters. The Morgan fingerprint density at radius 1 is 1.10 bits per heavy atom. The quantitative estimate of drug-likeness (QED) is 0.591. The fraction of sp³-hybridized carbons (Fsp3) is 0.240. The third-order valence-electron chi connectivity index (χ3n) is 5.39. The zero-order valence-electron chi connectivity index (χ0n) is 17.8. The van der Waals surface area contributed by atoms with Crippen LogP contribution >= 0.6 is 0 Å². The summed E-state index contributed by atoms with van der Waals surface area (Å²) in [6.07, 6.45) is 0.467. The summed E-state index contributed by atoms with van der Waals surface area (Å²) in [5.74, 6) is -0.407. The van der Waals surface area contributed by atoms with Gasteiger partial charge in [0.2, 0.25) is 11.7 Å². The van der Waals surface area contributed by atoms with Gasteiger partial charge < -0.3 is 9.84 Å². The highest BCUT2D eigenvalue weighted by atomic mass is 16.5. The SMILES string of the molecule is Cc1ccc(OCC(=O)c2c(C)c(C#N)c(=O)n(CCc3ccccc3)c2O)cc1C. The summed E-state index contributed by atoms with van der Waals surface area (Å²) in [5, 5.41) is 20.3. The molecular weight excluding hydrogens is 392 g/mol. The number of aromatic hydroxyl groups is 1. The number of nitriles is 1. The van der Waals surface area contributed by atoms with Crippen molar-refractivity contribution < 1.29 is 14.6 Å². The minimum absolute atomic E-state index is 0.0620. The Morgan fingerprint density at radius 3 is 2.45 bits per heavy atom. The van der Waals surface area contributed by atoms with E-state index in [-0.39, 0.29) is 29.8 Å². The molecule has 2 aromatic carbocycles. The van der Waals surface area contributed by atoms with Crippen molar-refractivity contribution in [3.05, 3.63) is 92.3 Å². The van der Waals surface area contributed by atoms with Crippen LogP contribution in [0, 0.1) is 32.1 Å². The van der Waals surface area contributed by atoms with Crippen LogP contribution in [-0.2, 0) is 13.0 Å². The number of ether oxygens (including phenoxy) is 1.